The number of carbonyl (C=O) groups is 1. The molecule has 2 aliphatic heterocycles. The second-order valence-corrected chi connectivity index (χ2v) is 5.52. The average Bonchev–Trinajstić information content (AvgIpc) is 2.23. The Morgan fingerprint density at radius 1 is 1.38 bits per heavy atom. The Morgan fingerprint density at radius 3 is 2.62 bits per heavy atom. The molecular weight excluding hydrogens is 220 g/mol. The van der Waals surface area contributed by atoms with E-state index in [0.29, 0.717) is 5.11 Å². The van der Waals surface area contributed by atoms with Crippen molar-refractivity contribution in [3.63, 3.8) is 0 Å². The van der Waals surface area contributed by atoms with Gasteiger partial charge in [0.2, 0.25) is 5.91 Å². The number of hydrogen-bond donors (Lipinski definition) is 0. The Bertz CT molecular complexity index is 398. The van der Waals surface area contributed by atoms with Gasteiger partial charge in [-0.15, -0.1) is 0 Å². The van der Waals surface area contributed by atoms with Crippen LogP contribution in [-0.4, -0.2) is 34.4 Å². The summed E-state index contributed by atoms with van der Waals surface area (Å²) < 4.78 is 0. The van der Waals surface area contributed by atoms with Crippen molar-refractivity contribution in [2.75, 3.05) is 13.6 Å². The van der Waals surface area contributed by atoms with Crippen LogP contribution in [0.25, 0.3) is 0 Å². The van der Waals surface area contributed by atoms with Crippen LogP contribution in [0.4, 0.5) is 0 Å². The van der Waals surface area contributed by atoms with Gasteiger partial charge in [-0.2, -0.15) is 0 Å². The van der Waals surface area contributed by atoms with Gasteiger partial charge in [-0.1, -0.05) is 5.57 Å². The molecule has 0 aliphatic carbocycles. The van der Waals surface area contributed by atoms with E-state index in [1.54, 1.807) is 11.9 Å². The molecule has 2 rings (SSSR count). The lowest BCUT2D eigenvalue weighted by Gasteiger charge is -2.48. The van der Waals surface area contributed by atoms with Gasteiger partial charge in [0.25, 0.3) is 0 Å². The number of thiocarbonyl (C=S) groups is 1. The van der Waals surface area contributed by atoms with Gasteiger partial charge >= 0.3 is 0 Å². The summed E-state index contributed by atoms with van der Waals surface area (Å²) in [4.78, 5) is 16.0. The van der Waals surface area contributed by atoms with Crippen LogP contribution in [0.5, 0.6) is 0 Å². The second kappa shape index (κ2) is 3.55. The number of rotatable bonds is 0. The topological polar surface area (TPSA) is 23.6 Å². The van der Waals surface area contributed by atoms with E-state index < -0.39 is 5.41 Å². The molecular formula is C12H18N2OS. The number of hydrogen-bond acceptors (Lipinski definition) is 2. The molecule has 2 heterocycles. The fourth-order valence-corrected chi connectivity index (χ4v) is 3.08. The smallest absolute Gasteiger partial charge is 0.240 e. The first-order valence-electron chi connectivity index (χ1n) is 5.67. The van der Waals surface area contributed by atoms with Crippen molar-refractivity contribution in [3.8, 4) is 0 Å². The molecule has 0 saturated carbocycles. The normalized spacial score (nSPS) is 25.0. The van der Waals surface area contributed by atoms with Crippen LogP contribution < -0.4 is 0 Å². The van der Waals surface area contributed by atoms with Gasteiger partial charge in [0, 0.05) is 19.3 Å². The summed E-state index contributed by atoms with van der Waals surface area (Å²) in [7, 11) is 1.77. The molecule has 4 heteroatoms. The Balaban J connectivity index is 2.57. The molecule has 0 aromatic rings. The highest BCUT2D eigenvalue weighted by molar-refractivity contribution is 7.80. The molecule has 0 atom stereocenters. The van der Waals surface area contributed by atoms with Gasteiger partial charge in [-0.25, -0.2) is 0 Å². The summed E-state index contributed by atoms with van der Waals surface area (Å²) in [5, 5.41) is 0.651. The fraction of sp³-hybridized carbons (Fsp3) is 0.667. The van der Waals surface area contributed by atoms with Crippen LogP contribution in [0.2, 0.25) is 0 Å². The van der Waals surface area contributed by atoms with Crippen LogP contribution in [0.3, 0.4) is 0 Å². The van der Waals surface area contributed by atoms with E-state index >= 15 is 0 Å². The third-order valence-electron chi connectivity index (χ3n) is 3.56. The Hall–Kier alpha value is -0.900. The molecule has 1 amide bonds. The maximum atomic E-state index is 12.2. The fourth-order valence-electron chi connectivity index (χ4n) is 2.81. The van der Waals surface area contributed by atoms with E-state index in [0.717, 1.165) is 25.1 Å². The maximum Gasteiger partial charge on any atom is 0.240 e. The molecule has 0 aromatic carbocycles. The molecule has 88 valence electrons. The first-order chi connectivity index (χ1) is 7.37. The van der Waals surface area contributed by atoms with E-state index in [9.17, 15) is 4.79 Å². The van der Waals surface area contributed by atoms with Gasteiger partial charge in [0.1, 0.15) is 0 Å². The quantitative estimate of drug-likeness (QED) is 0.604. The monoisotopic (exact) mass is 238 g/mol. The minimum atomic E-state index is -0.443. The molecule has 16 heavy (non-hydrogen) atoms. The second-order valence-electron chi connectivity index (χ2n) is 5.16. The molecule has 0 spiro atoms. The Kier molecular flexibility index (Phi) is 2.57. The van der Waals surface area contributed by atoms with Gasteiger partial charge in [-0.3, -0.25) is 9.69 Å². The van der Waals surface area contributed by atoms with E-state index in [4.69, 9.17) is 12.2 Å². The number of fused-ring (bicyclic) bond motifs is 1. The molecule has 0 radical (unpaired) electrons. The summed E-state index contributed by atoms with van der Waals surface area (Å²) in [6.07, 6.45) is 2.20. The van der Waals surface area contributed by atoms with E-state index in [-0.39, 0.29) is 5.91 Å². The van der Waals surface area contributed by atoms with Crippen LogP contribution in [0.15, 0.2) is 11.3 Å². The number of carbonyl (C=O) groups excluding carboxylic acids is 1. The van der Waals surface area contributed by atoms with Gasteiger partial charge in [0.15, 0.2) is 5.11 Å². The standard InChI is InChI=1S/C12H18N2OS/c1-8-6-5-7-14-9(8)12(2,3)10(15)13(4)11(14)16/h5-7H2,1-4H3. The summed E-state index contributed by atoms with van der Waals surface area (Å²) in [5.74, 6) is 0.102. The highest BCUT2D eigenvalue weighted by Crippen LogP contribution is 2.41. The average molecular weight is 238 g/mol. The van der Waals surface area contributed by atoms with Gasteiger partial charge in [-0.05, 0) is 45.8 Å². The minimum absolute atomic E-state index is 0.102. The van der Waals surface area contributed by atoms with E-state index in [1.165, 1.54) is 5.57 Å². The third-order valence-corrected chi connectivity index (χ3v) is 4.05. The largest absolute Gasteiger partial charge is 0.321 e. The van der Waals surface area contributed by atoms with Crippen LogP contribution in [0.1, 0.15) is 33.6 Å². The number of allylic oxidation sites excluding steroid dienone is 1. The number of amides is 1. The van der Waals surface area contributed by atoms with Crippen molar-refractivity contribution < 1.29 is 4.79 Å². The van der Waals surface area contributed by atoms with Crippen molar-refractivity contribution in [1.82, 2.24) is 9.80 Å². The first kappa shape index (κ1) is 11.6. The number of nitrogens with zero attached hydrogens (tertiary/aromatic N) is 2. The van der Waals surface area contributed by atoms with E-state index in [1.807, 2.05) is 13.8 Å². The zero-order chi connectivity index (χ0) is 12.1. The zero-order valence-corrected chi connectivity index (χ0v) is 11.1. The van der Waals surface area contributed by atoms with Crippen molar-refractivity contribution in [3.05, 3.63) is 11.3 Å². The van der Waals surface area contributed by atoms with Crippen LogP contribution in [-0.2, 0) is 4.79 Å². The Labute approximate surface area is 102 Å². The molecule has 1 saturated heterocycles. The molecule has 0 aromatic heterocycles. The molecule has 0 N–H and O–H groups in total. The highest BCUT2D eigenvalue weighted by Gasteiger charge is 2.46. The summed E-state index contributed by atoms with van der Waals surface area (Å²) in [6.45, 7) is 7.03. The van der Waals surface area contributed by atoms with Crippen LogP contribution >= 0.6 is 12.2 Å². The lowest BCUT2D eigenvalue weighted by Crippen LogP contribution is -2.58. The Morgan fingerprint density at radius 2 is 2.00 bits per heavy atom. The predicted molar refractivity (Wildman–Crippen MR) is 67.8 cm³/mol. The third kappa shape index (κ3) is 1.39. The molecule has 3 nitrogen and oxygen atoms in total. The summed E-state index contributed by atoms with van der Waals surface area (Å²) in [5.41, 5.74) is 1.99. The molecule has 2 aliphatic rings. The van der Waals surface area contributed by atoms with Crippen LogP contribution in [0, 0.1) is 5.41 Å². The molecule has 0 unspecified atom stereocenters. The van der Waals surface area contributed by atoms with Crippen molar-refractivity contribution in [2.45, 2.75) is 33.6 Å². The summed E-state index contributed by atoms with van der Waals surface area (Å²) >= 11 is 5.36. The van der Waals surface area contributed by atoms with Crippen molar-refractivity contribution >= 4 is 23.2 Å². The first-order valence-corrected chi connectivity index (χ1v) is 6.08. The lowest BCUT2D eigenvalue weighted by molar-refractivity contribution is -0.136. The highest BCUT2D eigenvalue weighted by atomic mass is 32.1. The zero-order valence-electron chi connectivity index (χ0n) is 10.3. The maximum absolute atomic E-state index is 12.2. The SMILES string of the molecule is CC1=C2N(CCC1)C(=S)N(C)C(=O)C2(C)C. The summed E-state index contributed by atoms with van der Waals surface area (Å²) in [6, 6.07) is 0. The lowest BCUT2D eigenvalue weighted by atomic mass is 9.80. The van der Waals surface area contributed by atoms with Crippen molar-refractivity contribution in [2.24, 2.45) is 5.41 Å². The predicted octanol–water partition coefficient (Wildman–Crippen LogP) is 2.14. The molecule has 0 bridgehead atoms. The minimum Gasteiger partial charge on any atom is -0.321 e. The van der Waals surface area contributed by atoms with Crippen molar-refractivity contribution in [1.29, 1.82) is 0 Å². The molecule has 1 fully saturated rings. The van der Waals surface area contributed by atoms with Gasteiger partial charge in [0.05, 0.1) is 5.41 Å². The van der Waals surface area contributed by atoms with E-state index in [2.05, 4.69) is 11.8 Å². The van der Waals surface area contributed by atoms with Gasteiger partial charge < -0.3 is 4.90 Å².